The van der Waals surface area contributed by atoms with Crippen LogP contribution in [0.3, 0.4) is 0 Å². The fourth-order valence-electron chi connectivity index (χ4n) is 1.95. The number of aliphatic hydroxyl groups excluding tert-OH is 1. The van der Waals surface area contributed by atoms with E-state index >= 15 is 0 Å². The number of hydrogen-bond donors (Lipinski definition) is 2. The fourth-order valence-corrected chi connectivity index (χ4v) is 1.95. The van der Waals surface area contributed by atoms with Gasteiger partial charge in [-0.05, 0) is 18.9 Å². The molecular weight excluding hydrogens is 230 g/mol. The van der Waals surface area contributed by atoms with Crippen molar-refractivity contribution in [3.05, 3.63) is 23.8 Å². The third-order valence-corrected chi connectivity index (χ3v) is 3.04. The van der Waals surface area contributed by atoms with Crippen LogP contribution in [0.4, 0.5) is 0 Å². The van der Waals surface area contributed by atoms with Crippen LogP contribution >= 0.6 is 0 Å². The summed E-state index contributed by atoms with van der Waals surface area (Å²) < 4.78 is 10.6. The summed E-state index contributed by atoms with van der Waals surface area (Å²) in [6, 6.07) is 6.17. The second-order valence-corrected chi connectivity index (χ2v) is 4.15. The van der Waals surface area contributed by atoms with Crippen molar-refractivity contribution in [3.63, 3.8) is 0 Å². The van der Waals surface area contributed by atoms with Gasteiger partial charge < -0.3 is 19.9 Å². The molecule has 1 rings (SSSR count). The Morgan fingerprint density at radius 3 is 2.61 bits per heavy atom. The van der Waals surface area contributed by atoms with Gasteiger partial charge in [0.1, 0.15) is 0 Å². The second kappa shape index (κ2) is 7.95. The molecule has 0 fully saturated rings. The van der Waals surface area contributed by atoms with Gasteiger partial charge >= 0.3 is 0 Å². The van der Waals surface area contributed by atoms with Crippen LogP contribution in [0.5, 0.6) is 11.5 Å². The van der Waals surface area contributed by atoms with Crippen LogP contribution in [-0.4, -0.2) is 32.0 Å². The number of hydrogen-bond acceptors (Lipinski definition) is 4. The van der Waals surface area contributed by atoms with Crippen molar-refractivity contribution >= 4 is 0 Å². The van der Waals surface area contributed by atoms with E-state index in [9.17, 15) is 0 Å². The Kier molecular flexibility index (Phi) is 6.54. The summed E-state index contributed by atoms with van der Waals surface area (Å²) in [6.07, 6.45) is 1.76. The number of para-hydroxylation sites is 1. The molecule has 1 atom stereocenters. The lowest BCUT2D eigenvalue weighted by Crippen LogP contribution is -2.29. The van der Waals surface area contributed by atoms with Gasteiger partial charge in [0.05, 0.1) is 14.2 Å². The Balaban J connectivity index is 2.71. The zero-order valence-corrected chi connectivity index (χ0v) is 11.4. The first-order valence-electron chi connectivity index (χ1n) is 6.30. The molecule has 4 heteroatoms. The van der Waals surface area contributed by atoms with Crippen LogP contribution in [0.2, 0.25) is 0 Å². The van der Waals surface area contributed by atoms with E-state index < -0.39 is 0 Å². The topological polar surface area (TPSA) is 50.7 Å². The molecule has 0 aromatic heterocycles. The molecule has 1 aromatic rings. The van der Waals surface area contributed by atoms with E-state index in [0.29, 0.717) is 12.6 Å². The molecule has 1 unspecified atom stereocenters. The van der Waals surface area contributed by atoms with Crippen LogP contribution in [0.1, 0.15) is 25.3 Å². The van der Waals surface area contributed by atoms with Crippen molar-refractivity contribution in [2.45, 2.75) is 32.4 Å². The molecule has 0 saturated carbocycles. The molecule has 2 N–H and O–H groups in total. The quantitative estimate of drug-likeness (QED) is 0.743. The maximum Gasteiger partial charge on any atom is 0.165 e. The van der Waals surface area contributed by atoms with E-state index in [1.54, 1.807) is 14.2 Å². The maximum absolute atomic E-state index is 8.96. The number of benzene rings is 1. The fraction of sp³-hybridized carbons (Fsp3) is 0.571. The van der Waals surface area contributed by atoms with Crippen LogP contribution in [0.25, 0.3) is 0 Å². The normalized spacial score (nSPS) is 12.2. The smallest absolute Gasteiger partial charge is 0.165 e. The van der Waals surface area contributed by atoms with Crippen LogP contribution in [-0.2, 0) is 6.54 Å². The molecule has 0 heterocycles. The highest BCUT2D eigenvalue weighted by Crippen LogP contribution is 2.30. The number of rotatable bonds is 8. The third-order valence-electron chi connectivity index (χ3n) is 3.04. The van der Waals surface area contributed by atoms with Crippen LogP contribution in [0.15, 0.2) is 18.2 Å². The molecule has 4 nitrogen and oxygen atoms in total. The minimum atomic E-state index is 0.209. The Morgan fingerprint density at radius 2 is 2.06 bits per heavy atom. The van der Waals surface area contributed by atoms with Gasteiger partial charge in [0, 0.05) is 24.8 Å². The summed E-state index contributed by atoms with van der Waals surface area (Å²) in [5.74, 6) is 1.51. The molecule has 0 aliphatic rings. The van der Waals surface area contributed by atoms with Crippen molar-refractivity contribution in [2.24, 2.45) is 0 Å². The van der Waals surface area contributed by atoms with E-state index in [4.69, 9.17) is 14.6 Å². The summed E-state index contributed by atoms with van der Waals surface area (Å²) in [6.45, 7) is 3.02. The van der Waals surface area contributed by atoms with E-state index in [2.05, 4.69) is 12.2 Å². The Morgan fingerprint density at radius 1 is 1.28 bits per heavy atom. The summed E-state index contributed by atoms with van der Waals surface area (Å²) >= 11 is 0. The monoisotopic (exact) mass is 253 g/mol. The lowest BCUT2D eigenvalue weighted by molar-refractivity contribution is 0.261. The standard InChI is InChI=1S/C14H23NO3/c1-4-12(8-9-16)15-10-11-6-5-7-13(17-2)14(11)18-3/h5-7,12,15-16H,4,8-10H2,1-3H3. The average Bonchev–Trinajstić information content (AvgIpc) is 2.42. The first-order valence-corrected chi connectivity index (χ1v) is 6.30. The second-order valence-electron chi connectivity index (χ2n) is 4.15. The maximum atomic E-state index is 8.96. The zero-order valence-electron chi connectivity index (χ0n) is 11.4. The summed E-state index contributed by atoms with van der Waals surface area (Å²) in [5, 5.41) is 12.4. The Labute approximate surface area is 109 Å². The molecule has 1 aromatic carbocycles. The van der Waals surface area contributed by atoms with E-state index in [1.165, 1.54) is 0 Å². The van der Waals surface area contributed by atoms with Gasteiger partial charge in [-0.3, -0.25) is 0 Å². The van der Waals surface area contributed by atoms with E-state index in [-0.39, 0.29) is 6.61 Å². The SMILES string of the molecule is CCC(CCO)NCc1cccc(OC)c1OC. The molecule has 0 spiro atoms. The van der Waals surface area contributed by atoms with Crippen molar-refractivity contribution < 1.29 is 14.6 Å². The first kappa shape index (κ1) is 14.8. The van der Waals surface area contributed by atoms with Gasteiger partial charge in [0.15, 0.2) is 11.5 Å². The molecule has 18 heavy (non-hydrogen) atoms. The van der Waals surface area contributed by atoms with E-state index in [0.717, 1.165) is 29.9 Å². The van der Waals surface area contributed by atoms with Gasteiger partial charge in [-0.25, -0.2) is 0 Å². The zero-order chi connectivity index (χ0) is 13.4. The number of methoxy groups -OCH3 is 2. The van der Waals surface area contributed by atoms with Gasteiger partial charge in [0.2, 0.25) is 0 Å². The van der Waals surface area contributed by atoms with Crippen molar-refractivity contribution in [2.75, 3.05) is 20.8 Å². The molecule has 0 bridgehead atoms. The number of nitrogens with one attached hydrogen (secondary N) is 1. The third kappa shape index (κ3) is 3.89. The highest BCUT2D eigenvalue weighted by molar-refractivity contribution is 5.46. The van der Waals surface area contributed by atoms with Gasteiger partial charge in [-0.2, -0.15) is 0 Å². The van der Waals surface area contributed by atoms with Crippen molar-refractivity contribution in [1.82, 2.24) is 5.32 Å². The minimum absolute atomic E-state index is 0.209. The predicted molar refractivity (Wildman–Crippen MR) is 72.2 cm³/mol. The number of ether oxygens (including phenoxy) is 2. The highest BCUT2D eigenvalue weighted by atomic mass is 16.5. The van der Waals surface area contributed by atoms with E-state index in [1.807, 2.05) is 18.2 Å². The lowest BCUT2D eigenvalue weighted by Gasteiger charge is -2.18. The molecule has 0 radical (unpaired) electrons. The van der Waals surface area contributed by atoms with Crippen molar-refractivity contribution in [1.29, 1.82) is 0 Å². The largest absolute Gasteiger partial charge is 0.493 e. The molecular formula is C14H23NO3. The molecule has 0 amide bonds. The number of aliphatic hydroxyl groups is 1. The molecule has 0 saturated heterocycles. The van der Waals surface area contributed by atoms with Gasteiger partial charge in [-0.15, -0.1) is 0 Å². The van der Waals surface area contributed by atoms with Gasteiger partial charge in [-0.1, -0.05) is 19.1 Å². The highest BCUT2D eigenvalue weighted by Gasteiger charge is 2.11. The average molecular weight is 253 g/mol. The predicted octanol–water partition coefficient (Wildman–Crippen LogP) is 1.95. The van der Waals surface area contributed by atoms with Crippen LogP contribution in [0, 0.1) is 0 Å². The lowest BCUT2D eigenvalue weighted by atomic mass is 10.1. The summed E-state index contributed by atoms with van der Waals surface area (Å²) in [5.41, 5.74) is 1.06. The molecule has 0 aliphatic heterocycles. The summed E-state index contributed by atoms with van der Waals surface area (Å²) in [7, 11) is 3.28. The Hall–Kier alpha value is -1.26. The summed E-state index contributed by atoms with van der Waals surface area (Å²) in [4.78, 5) is 0. The Bertz CT molecular complexity index is 355. The van der Waals surface area contributed by atoms with Gasteiger partial charge in [0.25, 0.3) is 0 Å². The minimum Gasteiger partial charge on any atom is -0.493 e. The van der Waals surface area contributed by atoms with Crippen LogP contribution < -0.4 is 14.8 Å². The molecule has 0 aliphatic carbocycles. The molecule has 102 valence electrons. The first-order chi connectivity index (χ1) is 8.76. The van der Waals surface area contributed by atoms with Crippen molar-refractivity contribution in [3.8, 4) is 11.5 Å².